The number of aromatic nitrogens is 3. The first kappa shape index (κ1) is 15.0. The van der Waals surface area contributed by atoms with Gasteiger partial charge < -0.3 is 13.9 Å². The number of unbranched alkanes of at least 4 members (excludes halogenated alkanes) is 1. The molecule has 0 radical (unpaired) electrons. The zero-order valence-corrected chi connectivity index (χ0v) is 14.3. The van der Waals surface area contributed by atoms with Crippen molar-refractivity contribution in [1.82, 2.24) is 14.6 Å². The van der Waals surface area contributed by atoms with E-state index in [9.17, 15) is 0 Å². The fourth-order valence-corrected chi connectivity index (χ4v) is 3.20. The van der Waals surface area contributed by atoms with Gasteiger partial charge in [0, 0.05) is 0 Å². The average Bonchev–Trinajstić information content (AvgIpc) is 3.26. The summed E-state index contributed by atoms with van der Waals surface area (Å²) in [5.41, 5.74) is 1.54. The second-order valence-electron chi connectivity index (χ2n) is 5.41. The summed E-state index contributed by atoms with van der Waals surface area (Å²) in [4.78, 5) is 5.32. The Labute approximate surface area is 142 Å². The van der Waals surface area contributed by atoms with Crippen LogP contribution in [0.15, 0.2) is 34.9 Å². The van der Waals surface area contributed by atoms with Gasteiger partial charge in [-0.25, -0.2) is 9.50 Å². The van der Waals surface area contributed by atoms with E-state index in [1.165, 1.54) is 11.3 Å². The number of furan rings is 1. The van der Waals surface area contributed by atoms with E-state index in [2.05, 4.69) is 17.0 Å². The maximum Gasteiger partial charge on any atom is 0.294 e. The van der Waals surface area contributed by atoms with Crippen molar-refractivity contribution in [2.75, 3.05) is 13.7 Å². The van der Waals surface area contributed by atoms with Gasteiger partial charge in [0.2, 0.25) is 4.96 Å². The predicted molar refractivity (Wildman–Crippen MR) is 93.0 cm³/mol. The fourth-order valence-electron chi connectivity index (χ4n) is 2.50. The summed E-state index contributed by atoms with van der Waals surface area (Å²) >= 11 is 1.39. The molecule has 4 aromatic rings. The topological polar surface area (TPSA) is 61.8 Å². The van der Waals surface area contributed by atoms with E-state index in [-0.39, 0.29) is 0 Å². The van der Waals surface area contributed by atoms with Gasteiger partial charge in [-0.1, -0.05) is 19.4 Å². The Balaban J connectivity index is 1.70. The van der Waals surface area contributed by atoms with Crippen LogP contribution >= 0.6 is 11.3 Å². The lowest BCUT2D eigenvalue weighted by molar-refractivity contribution is 0.313. The third kappa shape index (κ3) is 2.60. The Morgan fingerprint density at radius 2 is 2.25 bits per heavy atom. The van der Waals surface area contributed by atoms with Gasteiger partial charge in [0.05, 0.1) is 25.3 Å². The van der Waals surface area contributed by atoms with Crippen LogP contribution in [0, 0.1) is 0 Å². The highest BCUT2D eigenvalue weighted by molar-refractivity contribution is 7.18. The lowest BCUT2D eigenvalue weighted by atomic mass is 10.2. The Bertz CT molecular complexity index is 954. The Morgan fingerprint density at radius 3 is 3.04 bits per heavy atom. The minimum absolute atomic E-state index is 0.584. The number of ether oxygens (including phenoxy) is 2. The molecule has 124 valence electrons. The number of nitrogens with zero attached hydrogens (tertiary/aromatic N) is 3. The predicted octanol–water partition coefficient (Wildman–Crippen LogP) is 4.39. The van der Waals surface area contributed by atoms with Crippen molar-refractivity contribution in [3.63, 3.8) is 0 Å². The Kier molecular flexibility index (Phi) is 3.86. The van der Waals surface area contributed by atoms with Crippen LogP contribution in [0.1, 0.15) is 19.8 Å². The number of rotatable bonds is 6. The normalized spacial score (nSPS) is 11.4. The third-order valence-electron chi connectivity index (χ3n) is 3.73. The van der Waals surface area contributed by atoms with Crippen molar-refractivity contribution in [2.45, 2.75) is 19.8 Å². The SMILES string of the molecule is CCCCOc1cccc2oc(-c3cn4nc(OC)sc4n3)cc12. The minimum atomic E-state index is 0.584. The van der Waals surface area contributed by atoms with Crippen LogP contribution in [0.2, 0.25) is 0 Å². The molecule has 0 atom stereocenters. The average molecular weight is 343 g/mol. The zero-order chi connectivity index (χ0) is 16.5. The maximum absolute atomic E-state index is 5.95. The fraction of sp³-hybridized carbons (Fsp3) is 0.294. The van der Waals surface area contributed by atoms with Gasteiger partial charge in [0.25, 0.3) is 5.19 Å². The molecular formula is C17H17N3O3S. The van der Waals surface area contributed by atoms with Gasteiger partial charge in [-0.2, -0.15) is 0 Å². The van der Waals surface area contributed by atoms with Crippen LogP contribution in [0.3, 0.4) is 0 Å². The molecule has 24 heavy (non-hydrogen) atoms. The van der Waals surface area contributed by atoms with Crippen molar-refractivity contribution in [3.8, 4) is 22.4 Å². The number of hydrogen-bond acceptors (Lipinski definition) is 6. The molecule has 0 aliphatic carbocycles. The number of hydrogen-bond donors (Lipinski definition) is 0. The molecule has 0 spiro atoms. The first-order chi connectivity index (χ1) is 11.8. The van der Waals surface area contributed by atoms with Crippen molar-refractivity contribution in [3.05, 3.63) is 30.5 Å². The molecule has 0 aliphatic heterocycles. The van der Waals surface area contributed by atoms with Gasteiger partial charge in [-0.3, -0.25) is 0 Å². The lowest BCUT2D eigenvalue weighted by Gasteiger charge is -2.05. The molecule has 0 saturated heterocycles. The zero-order valence-electron chi connectivity index (χ0n) is 13.5. The molecule has 7 heteroatoms. The van der Waals surface area contributed by atoms with Crippen molar-refractivity contribution >= 4 is 27.3 Å². The number of methoxy groups -OCH3 is 1. The largest absolute Gasteiger partial charge is 0.493 e. The molecule has 0 unspecified atom stereocenters. The van der Waals surface area contributed by atoms with Gasteiger partial charge in [-0.05, 0) is 36.0 Å². The molecular weight excluding hydrogens is 326 g/mol. The van der Waals surface area contributed by atoms with Crippen LogP contribution in [-0.2, 0) is 0 Å². The molecule has 3 heterocycles. The monoisotopic (exact) mass is 343 g/mol. The van der Waals surface area contributed by atoms with Crippen molar-refractivity contribution < 1.29 is 13.9 Å². The second-order valence-corrected chi connectivity index (χ2v) is 6.32. The second kappa shape index (κ2) is 6.16. The van der Waals surface area contributed by atoms with Crippen LogP contribution in [0.4, 0.5) is 0 Å². The smallest absolute Gasteiger partial charge is 0.294 e. The standard InChI is InChI=1S/C17H17N3O3S/c1-3-4-8-22-13-6-5-7-14-11(13)9-15(23-14)12-10-20-16(18-12)24-17(19-20)21-2/h5-7,9-10H,3-4,8H2,1-2H3. The Hall–Kier alpha value is -2.54. The van der Waals surface area contributed by atoms with Crippen LogP contribution < -0.4 is 9.47 Å². The molecule has 0 saturated carbocycles. The van der Waals surface area contributed by atoms with Gasteiger partial charge in [0.15, 0.2) is 5.76 Å². The minimum Gasteiger partial charge on any atom is -0.493 e. The van der Waals surface area contributed by atoms with Crippen LogP contribution in [0.5, 0.6) is 10.9 Å². The molecule has 0 N–H and O–H groups in total. The summed E-state index contributed by atoms with van der Waals surface area (Å²) in [5.74, 6) is 1.55. The highest BCUT2D eigenvalue weighted by Gasteiger charge is 2.15. The lowest BCUT2D eigenvalue weighted by Crippen LogP contribution is -1.96. The summed E-state index contributed by atoms with van der Waals surface area (Å²) in [5, 5.41) is 5.83. The number of benzene rings is 1. The molecule has 3 aromatic heterocycles. The quantitative estimate of drug-likeness (QED) is 0.486. The molecule has 0 fully saturated rings. The van der Waals surface area contributed by atoms with E-state index in [1.807, 2.05) is 30.5 Å². The van der Waals surface area contributed by atoms with E-state index >= 15 is 0 Å². The summed E-state index contributed by atoms with van der Waals surface area (Å²) in [6, 6.07) is 7.82. The van der Waals surface area contributed by atoms with E-state index < -0.39 is 0 Å². The summed E-state index contributed by atoms with van der Waals surface area (Å²) in [6.07, 6.45) is 3.98. The first-order valence-corrected chi connectivity index (χ1v) is 8.66. The number of imidazole rings is 1. The van der Waals surface area contributed by atoms with E-state index in [1.54, 1.807) is 11.6 Å². The molecule has 6 nitrogen and oxygen atoms in total. The highest BCUT2D eigenvalue weighted by atomic mass is 32.1. The first-order valence-electron chi connectivity index (χ1n) is 7.84. The van der Waals surface area contributed by atoms with E-state index in [4.69, 9.17) is 13.9 Å². The number of fused-ring (bicyclic) bond motifs is 2. The molecule has 0 aliphatic rings. The molecule has 1 aromatic carbocycles. The highest BCUT2D eigenvalue weighted by Crippen LogP contribution is 2.34. The summed E-state index contributed by atoms with van der Waals surface area (Å²) in [6.45, 7) is 2.85. The summed E-state index contributed by atoms with van der Waals surface area (Å²) in [7, 11) is 1.60. The molecule has 0 bridgehead atoms. The maximum atomic E-state index is 5.95. The van der Waals surface area contributed by atoms with Gasteiger partial charge in [-0.15, -0.1) is 5.10 Å². The van der Waals surface area contributed by atoms with Gasteiger partial charge >= 0.3 is 0 Å². The van der Waals surface area contributed by atoms with E-state index in [0.717, 1.165) is 40.2 Å². The molecule has 0 amide bonds. The molecule has 4 rings (SSSR count). The van der Waals surface area contributed by atoms with Gasteiger partial charge in [0.1, 0.15) is 17.0 Å². The van der Waals surface area contributed by atoms with Crippen LogP contribution in [-0.4, -0.2) is 28.3 Å². The van der Waals surface area contributed by atoms with Crippen molar-refractivity contribution in [2.24, 2.45) is 0 Å². The Morgan fingerprint density at radius 1 is 1.33 bits per heavy atom. The van der Waals surface area contributed by atoms with E-state index in [0.29, 0.717) is 17.6 Å². The van der Waals surface area contributed by atoms with Crippen molar-refractivity contribution in [1.29, 1.82) is 0 Å². The summed E-state index contributed by atoms with van der Waals surface area (Å²) < 4.78 is 18.6. The third-order valence-corrected chi connectivity index (χ3v) is 4.61. The van der Waals surface area contributed by atoms with Crippen LogP contribution in [0.25, 0.3) is 27.4 Å².